The zero-order chi connectivity index (χ0) is 18.2. The Morgan fingerprint density at radius 3 is 2.36 bits per heavy atom. The summed E-state index contributed by atoms with van der Waals surface area (Å²) in [4.78, 5) is 24.7. The number of hydrogen-bond acceptors (Lipinski definition) is 4. The maximum atomic E-state index is 12.6. The van der Waals surface area contributed by atoms with Crippen LogP contribution in [0.1, 0.15) is 22.8 Å². The molecule has 1 N–H and O–H groups in total. The number of benzene rings is 2. The van der Waals surface area contributed by atoms with Crippen molar-refractivity contribution in [3.8, 4) is 0 Å². The van der Waals surface area contributed by atoms with Crippen LogP contribution >= 0.6 is 0 Å². The summed E-state index contributed by atoms with van der Waals surface area (Å²) in [5.41, 5.74) is 2.76. The molecule has 2 atom stereocenters. The number of aryl methyl sites for hydroxylation is 1. The molecule has 2 aromatic carbocycles. The monoisotopic (exact) mass is 341 g/mol. The summed E-state index contributed by atoms with van der Waals surface area (Å²) in [5.74, 6) is -0.866. The maximum absolute atomic E-state index is 12.6. The van der Waals surface area contributed by atoms with Gasteiger partial charge in [-0.2, -0.15) is 0 Å². The van der Waals surface area contributed by atoms with Gasteiger partial charge in [-0.1, -0.05) is 60.2 Å². The van der Waals surface area contributed by atoms with Gasteiger partial charge >= 0.3 is 5.97 Å². The van der Waals surface area contributed by atoms with Gasteiger partial charge in [0, 0.05) is 13.5 Å². The van der Waals surface area contributed by atoms with Crippen LogP contribution in [-0.4, -0.2) is 32.1 Å². The Morgan fingerprint density at radius 2 is 1.76 bits per heavy atom. The predicted molar refractivity (Wildman–Crippen MR) is 95.0 cm³/mol. The van der Waals surface area contributed by atoms with Gasteiger partial charge in [0.25, 0.3) is 5.91 Å². The first kappa shape index (κ1) is 18.7. The van der Waals surface area contributed by atoms with E-state index in [0.717, 1.165) is 16.7 Å². The van der Waals surface area contributed by atoms with Gasteiger partial charge in [0.2, 0.25) is 0 Å². The zero-order valence-electron chi connectivity index (χ0n) is 14.7. The molecule has 1 amide bonds. The first-order valence-electron chi connectivity index (χ1n) is 8.06. The second kappa shape index (κ2) is 8.99. The summed E-state index contributed by atoms with van der Waals surface area (Å²) in [5, 5.41) is 2.75. The van der Waals surface area contributed by atoms with Gasteiger partial charge in [-0.15, -0.1) is 0 Å². The molecule has 25 heavy (non-hydrogen) atoms. The van der Waals surface area contributed by atoms with Crippen molar-refractivity contribution < 1.29 is 19.1 Å². The highest BCUT2D eigenvalue weighted by Crippen LogP contribution is 2.17. The van der Waals surface area contributed by atoms with Gasteiger partial charge in [-0.05, 0) is 18.1 Å². The van der Waals surface area contributed by atoms with Crippen LogP contribution in [0.4, 0.5) is 0 Å². The normalized spacial score (nSPS) is 12.9. The summed E-state index contributed by atoms with van der Waals surface area (Å²) in [6, 6.07) is 16.2. The standard InChI is InChI=1S/C20H23NO4/c1-14-8-7-9-15(12-14)13-17(20(23)25-3)21-19(22)18(24-2)16-10-5-4-6-11-16/h4-12,17-18H,13H2,1-3H3,(H,21,22)/t17-,18+/m0/s1. The summed E-state index contributed by atoms with van der Waals surface area (Å²) in [6.45, 7) is 1.98. The maximum Gasteiger partial charge on any atom is 0.328 e. The van der Waals surface area contributed by atoms with E-state index >= 15 is 0 Å². The van der Waals surface area contributed by atoms with Crippen molar-refractivity contribution >= 4 is 11.9 Å². The Labute approximate surface area is 148 Å². The number of rotatable bonds is 7. The molecule has 132 valence electrons. The smallest absolute Gasteiger partial charge is 0.328 e. The average Bonchev–Trinajstić information content (AvgIpc) is 2.62. The Bertz CT molecular complexity index is 715. The molecule has 5 nitrogen and oxygen atoms in total. The largest absolute Gasteiger partial charge is 0.467 e. The van der Waals surface area contributed by atoms with Gasteiger partial charge < -0.3 is 14.8 Å². The molecule has 0 saturated carbocycles. The van der Waals surface area contributed by atoms with Crippen molar-refractivity contribution in [1.82, 2.24) is 5.32 Å². The number of carbonyl (C=O) groups is 2. The predicted octanol–water partition coefficient (Wildman–Crippen LogP) is 2.58. The molecule has 0 radical (unpaired) electrons. The lowest BCUT2D eigenvalue weighted by Gasteiger charge is -2.21. The Hall–Kier alpha value is -2.66. The third kappa shape index (κ3) is 5.16. The Kier molecular flexibility index (Phi) is 6.71. The fourth-order valence-electron chi connectivity index (χ4n) is 2.68. The highest BCUT2D eigenvalue weighted by molar-refractivity contribution is 5.87. The minimum atomic E-state index is -0.786. The molecule has 0 heterocycles. The van der Waals surface area contributed by atoms with Crippen LogP contribution in [0, 0.1) is 6.92 Å². The first-order valence-corrected chi connectivity index (χ1v) is 8.06. The van der Waals surface area contributed by atoms with Crippen molar-refractivity contribution in [3.63, 3.8) is 0 Å². The number of hydrogen-bond donors (Lipinski definition) is 1. The number of amides is 1. The molecule has 2 aromatic rings. The number of nitrogens with one attached hydrogen (secondary N) is 1. The molecule has 0 unspecified atom stereocenters. The van der Waals surface area contributed by atoms with E-state index in [-0.39, 0.29) is 5.91 Å². The van der Waals surface area contributed by atoms with Crippen molar-refractivity contribution in [2.45, 2.75) is 25.5 Å². The van der Waals surface area contributed by atoms with Crippen LogP contribution < -0.4 is 5.32 Å². The van der Waals surface area contributed by atoms with Gasteiger partial charge in [0.1, 0.15) is 6.04 Å². The molecule has 0 fully saturated rings. The van der Waals surface area contributed by atoms with Crippen LogP contribution in [0.3, 0.4) is 0 Å². The lowest BCUT2D eigenvalue weighted by molar-refractivity contribution is -0.146. The van der Waals surface area contributed by atoms with Crippen LogP contribution in [0.5, 0.6) is 0 Å². The second-order valence-electron chi connectivity index (χ2n) is 5.80. The van der Waals surface area contributed by atoms with Crippen molar-refractivity contribution in [2.75, 3.05) is 14.2 Å². The Balaban J connectivity index is 2.15. The van der Waals surface area contributed by atoms with Crippen molar-refractivity contribution in [2.24, 2.45) is 0 Å². The minimum Gasteiger partial charge on any atom is -0.467 e. The van der Waals surface area contributed by atoms with Gasteiger partial charge in [-0.3, -0.25) is 4.79 Å². The summed E-state index contributed by atoms with van der Waals surface area (Å²) < 4.78 is 10.2. The van der Waals surface area contributed by atoms with E-state index in [1.54, 1.807) is 12.1 Å². The van der Waals surface area contributed by atoms with Gasteiger partial charge in [0.15, 0.2) is 6.10 Å². The van der Waals surface area contributed by atoms with Crippen molar-refractivity contribution in [3.05, 3.63) is 71.3 Å². The van der Waals surface area contributed by atoms with E-state index in [2.05, 4.69) is 5.32 Å². The Morgan fingerprint density at radius 1 is 1.04 bits per heavy atom. The van der Waals surface area contributed by atoms with E-state index < -0.39 is 18.1 Å². The molecule has 0 aromatic heterocycles. The third-order valence-electron chi connectivity index (χ3n) is 3.90. The number of methoxy groups -OCH3 is 2. The van der Waals surface area contributed by atoms with Crippen LogP contribution in [0.25, 0.3) is 0 Å². The molecular formula is C20H23NO4. The number of ether oxygens (including phenoxy) is 2. The molecular weight excluding hydrogens is 318 g/mol. The first-order chi connectivity index (χ1) is 12.0. The van der Waals surface area contributed by atoms with Crippen LogP contribution in [0.2, 0.25) is 0 Å². The quantitative estimate of drug-likeness (QED) is 0.786. The highest BCUT2D eigenvalue weighted by Gasteiger charge is 2.27. The molecule has 5 heteroatoms. The summed E-state index contributed by atoms with van der Waals surface area (Å²) in [7, 11) is 2.77. The van der Waals surface area contributed by atoms with E-state index in [1.165, 1.54) is 14.2 Å². The fourth-order valence-corrected chi connectivity index (χ4v) is 2.68. The van der Waals surface area contributed by atoms with Crippen LogP contribution in [-0.2, 0) is 25.5 Å². The van der Waals surface area contributed by atoms with E-state index in [4.69, 9.17) is 9.47 Å². The molecule has 2 rings (SSSR count). The number of esters is 1. The molecule has 0 bridgehead atoms. The highest BCUT2D eigenvalue weighted by atomic mass is 16.5. The third-order valence-corrected chi connectivity index (χ3v) is 3.90. The molecule has 0 aliphatic rings. The SMILES string of the molecule is COC(=O)[C@H](Cc1cccc(C)c1)NC(=O)[C@H](OC)c1ccccc1. The average molecular weight is 341 g/mol. The zero-order valence-corrected chi connectivity index (χ0v) is 14.7. The molecule has 0 aliphatic heterocycles. The topological polar surface area (TPSA) is 64.6 Å². The lowest BCUT2D eigenvalue weighted by Crippen LogP contribution is -2.45. The van der Waals surface area contributed by atoms with Crippen molar-refractivity contribution in [1.29, 1.82) is 0 Å². The lowest BCUT2D eigenvalue weighted by atomic mass is 10.0. The number of carbonyl (C=O) groups excluding carboxylic acids is 2. The van der Waals surface area contributed by atoms with E-state index in [9.17, 15) is 9.59 Å². The van der Waals surface area contributed by atoms with Gasteiger partial charge in [-0.25, -0.2) is 4.79 Å². The summed E-state index contributed by atoms with van der Waals surface area (Å²) in [6.07, 6.45) is -0.434. The summed E-state index contributed by atoms with van der Waals surface area (Å²) >= 11 is 0. The van der Waals surface area contributed by atoms with E-state index in [0.29, 0.717) is 6.42 Å². The molecule has 0 aliphatic carbocycles. The molecule has 0 spiro atoms. The molecule has 0 saturated heterocycles. The fraction of sp³-hybridized carbons (Fsp3) is 0.300. The second-order valence-corrected chi connectivity index (χ2v) is 5.80. The van der Waals surface area contributed by atoms with E-state index in [1.807, 2.05) is 49.4 Å². The van der Waals surface area contributed by atoms with Crippen LogP contribution in [0.15, 0.2) is 54.6 Å². The van der Waals surface area contributed by atoms with Gasteiger partial charge in [0.05, 0.1) is 7.11 Å². The minimum absolute atomic E-state index is 0.352.